The number of nitriles is 1. The highest BCUT2D eigenvalue weighted by Gasteiger charge is 2.41. The Balaban J connectivity index is 1.47. The minimum absolute atomic E-state index is 0.0598. The lowest BCUT2D eigenvalue weighted by Gasteiger charge is -2.38. The Labute approximate surface area is 225 Å². The van der Waals surface area contributed by atoms with Crippen LogP contribution in [0.2, 0.25) is 0 Å². The fourth-order valence-electron chi connectivity index (χ4n) is 5.17. The van der Waals surface area contributed by atoms with Crippen LogP contribution >= 0.6 is 0 Å². The van der Waals surface area contributed by atoms with E-state index in [1.165, 1.54) is 12.5 Å². The van der Waals surface area contributed by atoms with Crippen molar-refractivity contribution in [3.8, 4) is 28.3 Å². The predicted molar refractivity (Wildman–Crippen MR) is 137 cm³/mol. The van der Waals surface area contributed by atoms with E-state index < -0.39 is 12.0 Å². The number of pyridine rings is 2. The van der Waals surface area contributed by atoms with Crippen molar-refractivity contribution in [2.24, 2.45) is 7.05 Å². The van der Waals surface area contributed by atoms with E-state index in [0.717, 1.165) is 11.8 Å². The average molecular weight is 548 g/mol. The molecule has 202 valence electrons. The first-order chi connectivity index (χ1) is 19.2. The summed E-state index contributed by atoms with van der Waals surface area (Å²) < 4.78 is 57.2. The molecule has 13 heteroatoms. The van der Waals surface area contributed by atoms with Gasteiger partial charge in [0.25, 0.3) is 0 Å². The molecular formula is C27H21F4N9. The minimum atomic E-state index is -4.68. The normalized spacial score (nSPS) is 15.3. The molecule has 40 heavy (non-hydrogen) atoms. The van der Waals surface area contributed by atoms with E-state index in [1.54, 1.807) is 42.2 Å². The molecule has 1 aliphatic rings. The summed E-state index contributed by atoms with van der Waals surface area (Å²) in [6.45, 7) is 0.553. The van der Waals surface area contributed by atoms with Crippen molar-refractivity contribution in [1.82, 2.24) is 34.5 Å². The van der Waals surface area contributed by atoms with Gasteiger partial charge in [-0.2, -0.15) is 9.94 Å². The molecule has 5 aromatic rings. The van der Waals surface area contributed by atoms with Gasteiger partial charge >= 0.3 is 6.30 Å². The smallest absolute Gasteiger partial charge is 0.370 e. The van der Waals surface area contributed by atoms with E-state index in [2.05, 4.69) is 31.3 Å². The average Bonchev–Trinajstić information content (AvgIpc) is 3.60. The summed E-state index contributed by atoms with van der Waals surface area (Å²) >= 11 is 0. The van der Waals surface area contributed by atoms with Crippen molar-refractivity contribution in [2.75, 3.05) is 18.0 Å². The van der Waals surface area contributed by atoms with Crippen LogP contribution in [0.4, 0.5) is 23.2 Å². The first-order valence-electron chi connectivity index (χ1n) is 12.4. The van der Waals surface area contributed by atoms with Gasteiger partial charge in [0, 0.05) is 79.8 Å². The second-order valence-electron chi connectivity index (χ2n) is 9.67. The molecule has 0 amide bonds. The molecule has 1 fully saturated rings. The Morgan fingerprint density at radius 3 is 2.50 bits per heavy atom. The summed E-state index contributed by atoms with van der Waals surface area (Å²) in [6.07, 6.45) is 2.61. The molecule has 5 heterocycles. The highest BCUT2D eigenvalue weighted by atomic mass is 19.4. The SMILES string of the molecule is Cn1cnnc1C1(F)CCN(c2c(C#N)cc(-c3cccnc3)cc2-c2cnc3nn(C(F)(F)F)cc3c2)CC1. The number of fused-ring (bicyclic) bond motifs is 1. The lowest BCUT2D eigenvalue weighted by molar-refractivity contribution is -0.211. The van der Waals surface area contributed by atoms with Crippen LogP contribution in [0.5, 0.6) is 0 Å². The molecule has 0 N–H and O–H groups in total. The van der Waals surface area contributed by atoms with E-state index >= 15 is 4.39 Å². The molecule has 0 aliphatic carbocycles. The maximum Gasteiger partial charge on any atom is 0.504 e. The maximum absolute atomic E-state index is 15.9. The fourth-order valence-corrected chi connectivity index (χ4v) is 5.17. The Kier molecular flexibility index (Phi) is 5.98. The van der Waals surface area contributed by atoms with Gasteiger partial charge < -0.3 is 9.47 Å². The molecule has 1 aliphatic heterocycles. The fraction of sp³-hybridized carbons (Fsp3) is 0.259. The largest absolute Gasteiger partial charge is 0.504 e. The Bertz CT molecular complexity index is 1740. The van der Waals surface area contributed by atoms with Crippen molar-refractivity contribution in [2.45, 2.75) is 24.8 Å². The van der Waals surface area contributed by atoms with E-state index in [-0.39, 0.29) is 47.5 Å². The molecule has 1 aromatic carbocycles. The van der Waals surface area contributed by atoms with Gasteiger partial charge in [0.2, 0.25) is 0 Å². The third kappa shape index (κ3) is 4.41. The van der Waals surface area contributed by atoms with Gasteiger partial charge in [0.1, 0.15) is 12.4 Å². The van der Waals surface area contributed by atoms with Crippen LogP contribution in [0.3, 0.4) is 0 Å². The van der Waals surface area contributed by atoms with E-state index in [9.17, 15) is 18.4 Å². The molecule has 0 atom stereocenters. The predicted octanol–water partition coefficient (Wildman–Crippen LogP) is 5.10. The first-order valence-corrected chi connectivity index (χ1v) is 12.4. The van der Waals surface area contributed by atoms with Crippen LogP contribution in [0.15, 0.2) is 61.4 Å². The van der Waals surface area contributed by atoms with Crippen molar-refractivity contribution >= 4 is 16.7 Å². The molecule has 1 saturated heterocycles. The molecule has 0 bridgehead atoms. The number of hydrogen-bond donors (Lipinski definition) is 0. The first kappa shape index (κ1) is 25.4. The highest BCUT2D eigenvalue weighted by molar-refractivity contribution is 5.90. The molecule has 6 rings (SSSR count). The van der Waals surface area contributed by atoms with E-state index in [4.69, 9.17) is 0 Å². The number of benzene rings is 1. The summed E-state index contributed by atoms with van der Waals surface area (Å²) in [6, 6.07) is 11.0. The summed E-state index contributed by atoms with van der Waals surface area (Å²) in [4.78, 5) is 10.3. The number of aromatic nitrogens is 7. The van der Waals surface area contributed by atoms with Crippen LogP contribution in [-0.2, 0) is 19.0 Å². The zero-order chi connectivity index (χ0) is 28.1. The van der Waals surface area contributed by atoms with Crippen LogP contribution in [0.25, 0.3) is 33.3 Å². The number of piperidine rings is 1. The standard InChI is InChI=1S/C27H21F4N9/c1-38-16-35-36-25(38)26(28)4-7-39(8-5-26)23-19(12-32)9-18(17-3-2-6-33-13-17)11-22(23)20-10-21-15-40(27(29,30)31)37-24(21)34-14-20/h2-3,6,9-11,13-16H,4-5,7-8H2,1H3. The zero-order valence-electron chi connectivity index (χ0n) is 21.1. The Morgan fingerprint density at radius 2 is 1.85 bits per heavy atom. The van der Waals surface area contributed by atoms with Gasteiger partial charge in [-0.05, 0) is 29.8 Å². The minimum Gasteiger partial charge on any atom is -0.370 e. The van der Waals surface area contributed by atoms with Gasteiger partial charge in [-0.25, -0.2) is 9.37 Å². The lowest BCUT2D eigenvalue weighted by Crippen LogP contribution is -2.42. The zero-order valence-corrected chi connectivity index (χ0v) is 21.1. The second kappa shape index (κ2) is 9.41. The molecule has 0 saturated carbocycles. The number of hydrogen-bond acceptors (Lipinski definition) is 7. The van der Waals surface area contributed by atoms with E-state index in [1.807, 2.05) is 17.0 Å². The van der Waals surface area contributed by atoms with Crippen molar-refractivity contribution < 1.29 is 17.6 Å². The van der Waals surface area contributed by atoms with Crippen LogP contribution in [0, 0.1) is 11.3 Å². The second-order valence-corrected chi connectivity index (χ2v) is 9.67. The van der Waals surface area contributed by atoms with Gasteiger partial charge in [-0.15, -0.1) is 28.5 Å². The number of rotatable bonds is 4. The molecule has 0 radical (unpaired) electrons. The highest BCUT2D eigenvalue weighted by Crippen LogP contribution is 2.43. The number of alkyl halides is 4. The topological polar surface area (TPSA) is 101 Å². The summed E-state index contributed by atoms with van der Waals surface area (Å²) in [7, 11) is 1.69. The van der Waals surface area contributed by atoms with Crippen LogP contribution in [0.1, 0.15) is 24.2 Å². The van der Waals surface area contributed by atoms with Crippen LogP contribution < -0.4 is 4.90 Å². The summed E-state index contributed by atoms with van der Waals surface area (Å²) in [5, 5.41) is 21.7. The summed E-state index contributed by atoms with van der Waals surface area (Å²) in [5.74, 6) is 0.246. The van der Waals surface area contributed by atoms with Crippen molar-refractivity contribution in [3.63, 3.8) is 0 Å². The monoisotopic (exact) mass is 547 g/mol. The summed E-state index contributed by atoms with van der Waals surface area (Å²) in [5.41, 5.74) is 1.69. The van der Waals surface area contributed by atoms with Gasteiger partial charge in [0.15, 0.2) is 17.1 Å². The maximum atomic E-state index is 15.9. The number of nitrogens with zero attached hydrogens (tertiary/aromatic N) is 9. The molecule has 4 aromatic heterocycles. The molecule has 9 nitrogen and oxygen atoms in total. The van der Waals surface area contributed by atoms with E-state index in [0.29, 0.717) is 27.9 Å². The third-order valence-corrected chi connectivity index (χ3v) is 7.14. The van der Waals surface area contributed by atoms with Gasteiger partial charge in [-0.1, -0.05) is 6.07 Å². The number of halogens is 4. The molecule has 0 spiro atoms. The van der Waals surface area contributed by atoms with Crippen molar-refractivity contribution in [3.05, 3.63) is 72.8 Å². The van der Waals surface area contributed by atoms with Gasteiger partial charge in [-0.3, -0.25) is 4.98 Å². The third-order valence-electron chi connectivity index (χ3n) is 7.14. The Morgan fingerprint density at radius 1 is 1.05 bits per heavy atom. The molecule has 0 unspecified atom stereocenters. The lowest BCUT2D eigenvalue weighted by atomic mass is 9.89. The number of aryl methyl sites for hydroxylation is 1. The number of anilines is 1. The van der Waals surface area contributed by atoms with Crippen molar-refractivity contribution in [1.29, 1.82) is 5.26 Å². The Hall–Kier alpha value is -4.86. The molecular weight excluding hydrogens is 526 g/mol. The quantitative estimate of drug-likeness (QED) is 0.289. The van der Waals surface area contributed by atoms with Crippen LogP contribution in [-0.4, -0.2) is 47.6 Å². The van der Waals surface area contributed by atoms with Gasteiger partial charge in [0.05, 0.1) is 11.3 Å².